The molecule has 2 aromatic heterocycles. The molecule has 0 aromatic carbocycles. The average Bonchev–Trinajstić information content (AvgIpc) is 2.88. The van der Waals surface area contributed by atoms with E-state index < -0.39 is 0 Å². The van der Waals surface area contributed by atoms with E-state index in [1.54, 1.807) is 13.4 Å². The van der Waals surface area contributed by atoms with Crippen molar-refractivity contribution < 1.29 is 9.47 Å². The van der Waals surface area contributed by atoms with E-state index in [0.717, 1.165) is 43.2 Å². The number of pyridine rings is 1. The van der Waals surface area contributed by atoms with Gasteiger partial charge < -0.3 is 18.9 Å². The summed E-state index contributed by atoms with van der Waals surface area (Å²) in [6, 6.07) is 1.88. The van der Waals surface area contributed by atoms with Crippen LogP contribution < -0.4 is 4.90 Å². The number of rotatable bonds is 4. The van der Waals surface area contributed by atoms with Gasteiger partial charge in [-0.2, -0.15) is 0 Å². The maximum Gasteiger partial charge on any atom is 0.163 e. The zero-order valence-corrected chi connectivity index (χ0v) is 12.1. The summed E-state index contributed by atoms with van der Waals surface area (Å²) in [5.74, 6) is 0. The maximum atomic E-state index is 6.16. The molecule has 0 spiro atoms. The van der Waals surface area contributed by atoms with Crippen LogP contribution in [0.25, 0.3) is 11.2 Å². The smallest absolute Gasteiger partial charge is 0.163 e. The molecule has 7 heteroatoms. The molecule has 0 radical (unpaired) electrons. The summed E-state index contributed by atoms with van der Waals surface area (Å²) < 4.78 is 12.5. The standard InChI is InChI=1S/C13H17ClN4O2/c1-19-5-2-18-9-15-12-10(8-11(14)16-13(12)18)17-3-6-20-7-4-17/h8-9H,2-7H2,1H3. The number of halogens is 1. The molecule has 0 saturated carbocycles. The minimum Gasteiger partial charge on any atom is -0.383 e. The number of aromatic nitrogens is 3. The normalized spacial score (nSPS) is 16.0. The first-order valence-electron chi connectivity index (χ1n) is 6.62. The lowest BCUT2D eigenvalue weighted by molar-refractivity contribution is 0.123. The van der Waals surface area contributed by atoms with Gasteiger partial charge in [0.05, 0.1) is 31.8 Å². The monoisotopic (exact) mass is 296 g/mol. The number of hydrogen-bond donors (Lipinski definition) is 0. The first-order valence-corrected chi connectivity index (χ1v) is 7.00. The lowest BCUT2D eigenvalue weighted by Crippen LogP contribution is -2.36. The Kier molecular flexibility index (Phi) is 4.05. The Bertz CT molecular complexity index is 595. The summed E-state index contributed by atoms with van der Waals surface area (Å²) in [6.07, 6.45) is 1.79. The van der Waals surface area contributed by atoms with E-state index in [-0.39, 0.29) is 0 Å². The van der Waals surface area contributed by atoms with Crippen molar-refractivity contribution in [1.82, 2.24) is 14.5 Å². The Balaban J connectivity index is 2.01. The van der Waals surface area contributed by atoms with Crippen LogP contribution in [0.1, 0.15) is 0 Å². The molecule has 2 aromatic rings. The van der Waals surface area contributed by atoms with Crippen molar-refractivity contribution in [1.29, 1.82) is 0 Å². The van der Waals surface area contributed by atoms with E-state index in [1.165, 1.54) is 0 Å². The van der Waals surface area contributed by atoms with Gasteiger partial charge in [0.2, 0.25) is 0 Å². The number of methoxy groups -OCH3 is 1. The predicted molar refractivity (Wildman–Crippen MR) is 77.4 cm³/mol. The van der Waals surface area contributed by atoms with Gasteiger partial charge in [0.25, 0.3) is 0 Å². The number of morpholine rings is 1. The van der Waals surface area contributed by atoms with Gasteiger partial charge in [-0.3, -0.25) is 0 Å². The van der Waals surface area contributed by atoms with Gasteiger partial charge in [0.15, 0.2) is 5.65 Å². The summed E-state index contributed by atoms with van der Waals surface area (Å²) in [5, 5.41) is 0.484. The molecule has 20 heavy (non-hydrogen) atoms. The third kappa shape index (κ3) is 2.59. The molecule has 0 atom stereocenters. The highest BCUT2D eigenvalue weighted by atomic mass is 35.5. The fraction of sp³-hybridized carbons (Fsp3) is 0.538. The van der Waals surface area contributed by atoms with Crippen LogP contribution in [-0.2, 0) is 16.0 Å². The van der Waals surface area contributed by atoms with Crippen LogP contribution in [0.2, 0.25) is 5.15 Å². The highest BCUT2D eigenvalue weighted by Gasteiger charge is 2.18. The molecule has 0 unspecified atom stereocenters. The zero-order chi connectivity index (χ0) is 13.9. The van der Waals surface area contributed by atoms with E-state index in [1.807, 2.05) is 10.6 Å². The SMILES string of the molecule is COCCn1cnc2c(N3CCOCC3)cc(Cl)nc21. The zero-order valence-electron chi connectivity index (χ0n) is 11.4. The van der Waals surface area contributed by atoms with E-state index in [9.17, 15) is 0 Å². The largest absolute Gasteiger partial charge is 0.383 e. The second-order valence-corrected chi connectivity index (χ2v) is 5.05. The molecular weight excluding hydrogens is 280 g/mol. The third-order valence-corrected chi connectivity index (χ3v) is 3.60. The van der Waals surface area contributed by atoms with Crippen LogP contribution in [0.3, 0.4) is 0 Å². The lowest BCUT2D eigenvalue weighted by Gasteiger charge is -2.29. The molecule has 3 heterocycles. The van der Waals surface area contributed by atoms with Crippen molar-refractivity contribution in [3.05, 3.63) is 17.5 Å². The highest BCUT2D eigenvalue weighted by Crippen LogP contribution is 2.28. The van der Waals surface area contributed by atoms with Crippen LogP contribution in [0.15, 0.2) is 12.4 Å². The van der Waals surface area contributed by atoms with Crippen molar-refractivity contribution in [3.8, 4) is 0 Å². The molecule has 0 bridgehead atoms. The van der Waals surface area contributed by atoms with Crippen LogP contribution in [0.5, 0.6) is 0 Å². The summed E-state index contributed by atoms with van der Waals surface area (Å²) in [7, 11) is 1.68. The van der Waals surface area contributed by atoms with E-state index >= 15 is 0 Å². The van der Waals surface area contributed by atoms with Crippen LogP contribution >= 0.6 is 11.6 Å². The summed E-state index contributed by atoms with van der Waals surface area (Å²) in [4.78, 5) is 11.1. The number of fused-ring (bicyclic) bond motifs is 1. The molecule has 1 saturated heterocycles. The molecule has 1 aliphatic rings. The molecule has 108 valence electrons. The van der Waals surface area contributed by atoms with Gasteiger partial charge in [-0.25, -0.2) is 9.97 Å². The fourth-order valence-corrected chi connectivity index (χ4v) is 2.57. The molecule has 1 fully saturated rings. The molecular formula is C13H17ClN4O2. The van der Waals surface area contributed by atoms with E-state index in [2.05, 4.69) is 14.9 Å². The fourth-order valence-electron chi connectivity index (χ4n) is 2.39. The van der Waals surface area contributed by atoms with Gasteiger partial charge in [0, 0.05) is 32.8 Å². The summed E-state index contributed by atoms with van der Waals surface area (Å²) in [6.45, 7) is 4.48. The molecule has 6 nitrogen and oxygen atoms in total. The lowest BCUT2D eigenvalue weighted by atomic mass is 10.3. The topological polar surface area (TPSA) is 52.4 Å². The Morgan fingerprint density at radius 3 is 2.95 bits per heavy atom. The molecule has 0 aliphatic carbocycles. The minimum absolute atomic E-state index is 0.484. The van der Waals surface area contributed by atoms with Crippen molar-refractivity contribution in [2.45, 2.75) is 6.54 Å². The van der Waals surface area contributed by atoms with Crippen molar-refractivity contribution in [2.75, 3.05) is 44.9 Å². The highest BCUT2D eigenvalue weighted by molar-refractivity contribution is 6.30. The average molecular weight is 297 g/mol. The van der Waals surface area contributed by atoms with Gasteiger partial charge in [-0.15, -0.1) is 0 Å². The number of anilines is 1. The molecule has 0 N–H and O–H groups in total. The molecule has 3 rings (SSSR count). The van der Waals surface area contributed by atoms with Gasteiger partial charge in [-0.1, -0.05) is 11.6 Å². The molecule has 0 amide bonds. The number of nitrogens with zero attached hydrogens (tertiary/aromatic N) is 4. The van der Waals surface area contributed by atoms with Crippen LogP contribution in [0, 0.1) is 0 Å². The maximum absolute atomic E-state index is 6.16. The predicted octanol–water partition coefficient (Wildman–Crippen LogP) is 1.57. The minimum atomic E-state index is 0.484. The van der Waals surface area contributed by atoms with Crippen molar-refractivity contribution >= 4 is 28.5 Å². The number of imidazole rings is 1. The summed E-state index contributed by atoms with van der Waals surface area (Å²) >= 11 is 6.16. The van der Waals surface area contributed by atoms with Crippen LogP contribution in [-0.4, -0.2) is 54.6 Å². The Morgan fingerprint density at radius 2 is 2.20 bits per heavy atom. The Labute approximate surface area is 122 Å². The quantitative estimate of drug-likeness (QED) is 0.802. The van der Waals surface area contributed by atoms with Crippen LogP contribution in [0.4, 0.5) is 5.69 Å². The Morgan fingerprint density at radius 1 is 1.40 bits per heavy atom. The second-order valence-electron chi connectivity index (χ2n) is 4.67. The second kappa shape index (κ2) is 5.95. The van der Waals surface area contributed by atoms with Crippen molar-refractivity contribution in [2.24, 2.45) is 0 Å². The summed E-state index contributed by atoms with van der Waals surface area (Å²) in [5.41, 5.74) is 2.71. The van der Waals surface area contributed by atoms with Gasteiger partial charge in [-0.05, 0) is 0 Å². The van der Waals surface area contributed by atoms with Crippen molar-refractivity contribution in [3.63, 3.8) is 0 Å². The van der Waals surface area contributed by atoms with E-state index in [4.69, 9.17) is 21.1 Å². The van der Waals surface area contributed by atoms with Gasteiger partial charge >= 0.3 is 0 Å². The first kappa shape index (κ1) is 13.6. The molecule has 1 aliphatic heterocycles. The number of ether oxygens (including phenoxy) is 2. The first-order chi connectivity index (χ1) is 9.79. The third-order valence-electron chi connectivity index (χ3n) is 3.41. The van der Waals surface area contributed by atoms with E-state index in [0.29, 0.717) is 18.3 Å². The number of hydrogen-bond acceptors (Lipinski definition) is 5. The Hall–Kier alpha value is -1.37. The van der Waals surface area contributed by atoms with Gasteiger partial charge in [0.1, 0.15) is 10.7 Å².